The summed E-state index contributed by atoms with van der Waals surface area (Å²) in [5.41, 5.74) is 1.14. The predicted molar refractivity (Wildman–Crippen MR) is 87.8 cm³/mol. The van der Waals surface area contributed by atoms with Gasteiger partial charge in [-0.05, 0) is 28.8 Å². The lowest BCUT2D eigenvalue weighted by Gasteiger charge is -2.18. The Kier molecular flexibility index (Phi) is 4.60. The first kappa shape index (κ1) is 15.6. The second-order valence-electron chi connectivity index (χ2n) is 5.37. The fourth-order valence-corrected chi connectivity index (χ4v) is 5.65. The molecule has 2 aromatic rings. The monoisotopic (exact) mass is 356 g/mol. The van der Waals surface area contributed by atoms with Crippen LogP contribution in [0.2, 0.25) is 0 Å². The van der Waals surface area contributed by atoms with E-state index in [4.69, 9.17) is 0 Å². The minimum Gasteiger partial charge on any atom is -0.346 e. The second kappa shape index (κ2) is 6.47. The van der Waals surface area contributed by atoms with Gasteiger partial charge in [0.25, 0.3) is 0 Å². The van der Waals surface area contributed by atoms with E-state index in [9.17, 15) is 13.2 Å². The summed E-state index contributed by atoms with van der Waals surface area (Å²) in [6.45, 7) is 0. The molecule has 22 heavy (non-hydrogen) atoms. The van der Waals surface area contributed by atoms with Gasteiger partial charge in [0, 0.05) is 18.0 Å². The first-order chi connectivity index (χ1) is 10.5. The lowest BCUT2D eigenvalue weighted by molar-refractivity contribution is -0.125. The number of sulfone groups is 1. The molecule has 0 bridgehead atoms. The van der Waals surface area contributed by atoms with Gasteiger partial charge in [0.1, 0.15) is 5.01 Å². The summed E-state index contributed by atoms with van der Waals surface area (Å²) in [7, 11) is -3.05. The van der Waals surface area contributed by atoms with Gasteiger partial charge in [0.2, 0.25) is 5.91 Å². The summed E-state index contributed by atoms with van der Waals surface area (Å²) < 4.78 is 23.1. The zero-order chi connectivity index (χ0) is 15.6. The lowest BCUT2D eigenvalue weighted by Crippen LogP contribution is -2.35. The highest BCUT2D eigenvalue weighted by molar-refractivity contribution is 7.91. The van der Waals surface area contributed by atoms with Crippen LogP contribution in [0.1, 0.15) is 23.0 Å². The maximum Gasteiger partial charge on any atom is 0.224 e. The fourth-order valence-electron chi connectivity index (χ4n) is 2.54. The Morgan fingerprint density at radius 3 is 2.91 bits per heavy atom. The number of nitrogens with zero attached hydrogens (tertiary/aromatic N) is 1. The number of rotatable bonds is 5. The van der Waals surface area contributed by atoms with Gasteiger partial charge < -0.3 is 5.32 Å². The van der Waals surface area contributed by atoms with Crippen molar-refractivity contribution in [2.45, 2.75) is 18.9 Å². The Labute approximate surface area is 137 Å². The quantitative estimate of drug-likeness (QED) is 0.889. The summed E-state index contributed by atoms with van der Waals surface area (Å²) in [4.78, 5) is 16.7. The van der Waals surface area contributed by atoms with Crippen molar-refractivity contribution >= 4 is 38.4 Å². The molecule has 0 saturated carbocycles. The van der Waals surface area contributed by atoms with Crippen LogP contribution in [0, 0.1) is 5.92 Å². The maximum absolute atomic E-state index is 12.4. The Balaban J connectivity index is 1.71. The van der Waals surface area contributed by atoms with Crippen LogP contribution in [0.25, 0.3) is 0 Å². The zero-order valence-corrected chi connectivity index (χ0v) is 14.2. The highest BCUT2D eigenvalue weighted by Crippen LogP contribution is 2.24. The first-order valence-corrected chi connectivity index (χ1v) is 10.6. The molecule has 2 atom stereocenters. The topological polar surface area (TPSA) is 76.1 Å². The third-order valence-electron chi connectivity index (χ3n) is 3.69. The number of thiophene rings is 1. The van der Waals surface area contributed by atoms with Gasteiger partial charge in [-0.25, -0.2) is 13.4 Å². The van der Waals surface area contributed by atoms with Crippen LogP contribution >= 0.6 is 22.7 Å². The summed E-state index contributed by atoms with van der Waals surface area (Å²) >= 11 is 3.11. The van der Waals surface area contributed by atoms with E-state index in [1.165, 1.54) is 11.3 Å². The lowest BCUT2D eigenvalue weighted by atomic mass is 10.1. The van der Waals surface area contributed by atoms with Crippen molar-refractivity contribution in [1.29, 1.82) is 0 Å². The molecular formula is C14H16N2O3S3. The molecule has 8 heteroatoms. The summed E-state index contributed by atoms with van der Waals surface area (Å²) in [6.07, 6.45) is 2.80. The maximum atomic E-state index is 12.4. The summed E-state index contributed by atoms with van der Waals surface area (Å²) in [5, 5.41) is 9.76. The van der Waals surface area contributed by atoms with Crippen LogP contribution in [-0.2, 0) is 21.1 Å². The number of hydrogen-bond acceptors (Lipinski definition) is 6. The van der Waals surface area contributed by atoms with Gasteiger partial charge in [0.05, 0.1) is 23.5 Å². The zero-order valence-electron chi connectivity index (χ0n) is 11.8. The summed E-state index contributed by atoms with van der Waals surface area (Å²) in [5.74, 6) is -0.550. The average molecular weight is 356 g/mol. The minimum absolute atomic E-state index is 0.0398. The molecule has 0 aromatic carbocycles. The molecule has 3 heterocycles. The third kappa shape index (κ3) is 3.74. The minimum atomic E-state index is -3.05. The van der Waals surface area contributed by atoms with Crippen LogP contribution < -0.4 is 5.32 Å². The molecule has 1 aliphatic rings. The molecule has 1 fully saturated rings. The van der Waals surface area contributed by atoms with E-state index in [2.05, 4.69) is 10.3 Å². The van der Waals surface area contributed by atoms with E-state index >= 15 is 0 Å². The van der Waals surface area contributed by atoms with E-state index in [0.29, 0.717) is 12.8 Å². The van der Waals surface area contributed by atoms with Gasteiger partial charge in [-0.1, -0.05) is 0 Å². The van der Waals surface area contributed by atoms with Crippen molar-refractivity contribution in [2.24, 2.45) is 5.92 Å². The molecule has 1 aliphatic heterocycles. The number of carbonyl (C=O) groups is 1. The molecule has 0 spiro atoms. The van der Waals surface area contributed by atoms with Crippen molar-refractivity contribution in [2.75, 3.05) is 11.5 Å². The molecule has 118 valence electrons. The third-order valence-corrected chi connectivity index (χ3v) is 7.08. The Morgan fingerprint density at radius 1 is 1.45 bits per heavy atom. The van der Waals surface area contributed by atoms with Gasteiger partial charge in [-0.2, -0.15) is 11.3 Å². The van der Waals surface area contributed by atoms with Crippen molar-refractivity contribution < 1.29 is 13.2 Å². The number of thiazole rings is 1. The molecule has 2 aromatic heterocycles. The van der Waals surface area contributed by atoms with Crippen LogP contribution in [0.3, 0.4) is 0 Å². The molecule has 0 aliphatic carbocycles. The number of nitrogens with one attached hydrogen (secondary N) is 1. The molecule has 3 rings (SSSR count). The van der Waals surface area contributed by atoms with Crippen LogP contribution in [0.4, 0.5) is 0 Å². The highest BCUT2D eigenvalue weighted by Gasteiger charge is 2.34. The van der Waals surface area contributed by atoms with Crippen molar-refractivity contribution in [3.05, 3.63) is 39.0 Å². The second-order valence-corrected chi connectivity index (χ2v) is 9.30. The van der Waals surface area contributed by atoms with Crippen molar-refractivity contribution in [3.8, 4) is 0 Å². The fraction of sp³-hybridized carbons (Fsp3) is 0.429. The molecule has 0 radical (unpaired) electrons. The van der Waals surface area contributed by atoms with E-state index in [1.807, 2.05) is 22.2 Å². The van der Waals surface area contributed by atoms with Gasteiger partial charge >= 0.3 is 0 Å². The average Bonchev–Trinajstić information content (AvgIpc) is 3.18. The first-order valence-electron chi connectivity index (χ1n) is 6.95. The largest absolute Gasteiger partial charge is 0.346 e. The van der Waals surface area contributed by atoms with E-state index in [-0.39, 0.29) is 23.5 Å². The Morgan fingerprint density at radius 2 is 2.32 bits per heavy atom. The SMILES string of the molecule is O=C(N[C@@H](Cc1ccsc1)c1nccs1)[C@@H]1CCS(=O)(=O)C1. The van der Waals surface area contributed by atoms with Crippen molar-refractivity contribution in [1.82, 2.24) is 10.3 Å². The number of hydrogen-bond donors (Lipinski definition) is 1. The van der Waals surface area contributed by atoms with Crippen molar-refractivity contribution in [3.63, 3.8) is 0 Å². The number of aromatic nitrogens is 1. The van der Waals surface area contributed by atoms with Crippen LogP contribution in [0.5, 0.6) is 0 Å². The predicted octanol–water partition coefficient (Wildman–Crippen LogP) is 2.04. The van der Waals surface area contributed by atoms with Gasteiger partial charge in [-0.15, -0.1) is 11.3 Å². The summed E-state index contributed by atoms with van der Waals surface area (Å²) in [6, 6.07) is 1.82. The molecular weight excluding hydrogens is 340 g/mol. The van der Waals surface area contributed by atoms with Crippen LogP contribution in [0.15, 0.2) is 28.4 Å². The Hall–Kier alpha value is -1.25. The van der Waals surface area contributed by atoms with E-state index in [1.54, 1.807) is 17.5 Å². The molecule has 0 unspecified atom stereocenters. The standard InChI is InChI=1S/C14H16N2O3S3/c17-13(11-2-6-22(18,19)9-11)16-12(14-15-3-5-21-14)7-10-1-4-20-8-10/h1,3-5,8,11-12H,2,6-7,9H2,(H,16,17)/t11-,12+/m1/s1. The van der Waals surface area contributed by atoms with E-state index in [0.717, 1.165) is 10.6 Å². The smallest absolute Gasteiger partial charge is 0.224 e. The Bertz CT molecular complexity index is 723. The molecule has 1 amide bonds. The molecule has 5 nitrogen and oxygen atoms in total. The van der Waals surface area contributed by atoms with Crippen LogP contribution in [-0.4, -0.2) is 30.8 Å². The van der Waals surface area contributed by atoms with Gasteiger partial charge in [0.15, 0.2) is 9.84 Å². The normalized spacial score (nSPS) is 21.5. The number of amides is 1. The molecule has 1 N–H and O–H groups in total. The van der Waals surface area contributed by atoms with Gasteiger partial charge in [-0.3, -0.25) is 4.79 Å². The molecule has 1 saturated heterocycles. The number of carbonyl (C=O) groups excluding carboxylic acids is 1. The van der Waals surface area contributed by atoms with E-state index < -0.39 is 15.8 Å². The highest BCUT2D eigenvalue weighted by atomic mass is 32.2.